The Morgan fingerprint density at radius 2 is 2.38 bits per heavy atom. The summed E-state index contributed by atoms with van der Waals surface area (Å²) in [4.78, 5) is 13.2. The number of aliphatic imine (C=N–C) groups is 1. The van der Waals surface area contributed by atoms with Crippen LogP contribution in [0.25, 0.3) is 0 Å². The lowest BCUT2D eigenvalue weighted by Crippen LogP contribution is -2.12. The van der Waals surface area contributed by atoms with Crippen molar-refractivity contribution in [3.05, 3.63) is 4.91 Å². The quantitative estimate of drug-likeness (QED) is 0.247. The zero-order valence-electron chi connectivity index (χ0n) is 4.71. The van der Waals surface area contributed by atoms with E-state index in [1.54, 1.807) is 14.1 Å². The molecule has 4 nitrogen and oxygen atoms in total. The Morgan fingerprint density at radius 1 is 1.75 bits per heavy atom. The van der Waals surface area contributed by atoms with Crippen molar-refractivity contribution in [3.63, 3.8) is 0 Å². The Bertz CT molecular complexity index is 103. The maximum Gasteiger partial charge on any atom is 0.182 e. The lowest BCUT2D eigenvalue weighted by molar-refractivity contribution is 1.18. The third-order valence-electron chi connectivity index (χ3n) is 0.541. The van der Waals surface area contributed by atoms with Crippen LogP contribution in [-0.4, -0.2) is 19.3 Å². The van der Waals surface area contributed by atoms with Crippen molar-refractivity contribution < 1.29 is 0 Å². The van der Waals surface area contributed by atoms with Crippen molar-refractivity contribution in [2.75, 3.05) is 14.1 Å². The topological polar surface area (TPSA) is 53.8 Å². The molecular formula is C3H7N3OS. The molecule has 0 bridgehead atoms. The second-order valence-corrected chi connectivity index (χ2v) is 1.66. The molecule has 0 aromatic carbocycles. The molecule has 0 heterocycles. The van der Waals surface area contributed by atoms with Crippen molar-refractivity contribution in [1.29, 1.82) is 0 Å². The smallest absolute Gasteiger partial charge is 0.182 e. The van der Waals surface area contributed by atoms with Gasteiger partial charge in [-0.15, -0.1) is 4.91 Å². The molecule has 0 aliphatic carbocycles. The lowest BCUT2D eigenvalue weighted by Gasteiger charge is -1.92. The van der Waals surface area contributed by atoms with E-state index in [-0.39, 0.29) is 0 Å². The Hall–Kier alpha value is -0.580. The molecule has 0 aromatic rings. The highest BCUT2D eigenvalue weighted by Gasteiger charge is 1.90. The average Bonchev–Trinajstić information content (AvgIpc) is 1.83. The fourth-order valence-corrected chi connectivity index (χ4v) is 0.477. The van der Waals surface area contributed by atoms with Crippen molar-refractivity contribution in [1.82, 2.24) is 5.32 Å². The van der Waals surface area contributed by atoms with Crippen LogP contribution in [-0.2, 0) is 0 Å². The first-order valence-corrected chi connectivity index (χ1v) is 2.76. The van der Waals surface area contributed by atoms with E-state index < -0.39 is 0 Å². The Kier molecular flexibility index (Phi) is 4.24. The second kappa shape index (κ2) is 4.58. The summed E-state index contributed by atoms with van der Waals surface area (Å²) >= 11 is 0.785. The number of nitrogens with one attached hydrogen (secondary N) is 1. The van der Waals surface area contributed by atoms with Gasteiger partial charge in [-0.05, 0) is 0 Å². The summed E-state index contributed by atoms with van der Waals surface area (Å²) in [5.41, 5.74) is 0. The Balaban J connectivity index is 3.53. The molecule has 0 saturated carbocycles. The molecule has 0 aromatic heterocycles. The van der Waals surface area contributed by atoms with E-state index in [0.717, 1.165) is 11.9 Å². The molecule has 0 amide bonds. The van der Waals surface area contributed by atoms with Crippen molar-refractivity contribution in [2.24, 2.45) is 9.57 Å². The van der Waals surface area contributed by atoms with E-state index in [2.05, 4.69) is 14.9 Å². The zero-order chi connectivity index (χ0) is 6.41. The van der Waals surface area contributed by atoms with Crippen LogP contribution in [0.2, 0.25) is 0 Å². The second-order valence-electron chi connectivity index (χ2n) is 0.945. The highest BCUT2D eigenvalue weighted by atomic mass is 32.2. The largest absolute Gasteiger partial charge is 0.366 e. The van der Waals surface area contributed by atoms with Gasteiger partial charge in [-0.2, -0.15) is 0 Å². The molecule has 0 unspecified atom stereocenters. The summed E-state index contributed by atoms with van der Waals surface area (Å²) in [5.74, 6) is 0. The van der Waals surface area contributed by atoms with E-state index in [9.17, 15) is 4.91 Å². The molecule has 8 heavy (non-hydrogen) atoms. The molecule has 1 N–H and O–H groups in total. The number of amidine groups is 1. The van der Waals surface area contributed by atoms with Crippen LogP contribution < -0.4 is 5.32 Å². The Morgan fingerprint density at radius 3 is 2.50 bits per heavy atom. The molecule has 0 rings (SSSR count). The fourth-order valence-electron chi connectivity index (χ4n) is 0.234. The number of hydrogen-bond acceptors (Lipinski definition) is 4. The molecule has 0 saturated heterocycles. The van der Waals surface area contributed by atoms with Crippen LogP contribution in [0.5, 0.6) is 0 Å². The predicted molar refractivity (Wildman–Crippen MR) is 35.8 cm³/mol. The standard InChI is InChI=1S/C3H7N3OS/c1-4-3(5-2)8-6-7/h1-2H3,(H,4,5). The lowest BCUT2D eigenvalue weighted by atomic mass is 11.1. The summed E-state index contributed by atoms with van der Waals surface area (Å²) in [5, 5.41) is 3.20. The normalized spacial score (nSPS) is 11.0. The summed E-state index contributed by atoms with van der Waals surface area (Å²) in [6.07, 6.45) is 0. The van der Waals surface area contributed by atoms with Gasteiger partial charge in [-0.25, -0.2) is 0 Å². The monoisotopic (exact) mass is 133 g/mol. The van der Waals surface area contributed by atoms with Crippen molar-refractivity contribution in [3.8, 4) is 0 Å². The molecule has 0 atom stereocenters. The first-order chi connectivity index (χ1) is 3.85. The molecule has 0 aliphatic heterocycles. The van der Waals surface area contributed by atoms with Gasteiger partial charge in [0.1, 0.15) is 0 Å². The minimum atomic E-state index is 0.528. The number of hydrogen-bond donors (Lipinski definition) is 1. The molecule has 46 valence electrons. The highest BCUT2D eigenvalue weighted by Crippen LogP contribution is 1.99. The van der Waals surface area contributed by atoms with Crippen LogP contribution >= 0.6 is 11.9 Å². The third-order valence-corrected chi connectivity index (χ3v) is 1.17. The number of nitrogens with zero attached hydrogens (tertiary/aromatic N) is 2. The maximum absolute atomic E-state index is 9.53. The van der Waals surface area contributed by atoms with Gasteiger partial charge in [-0.3, -0.25) is 4.99 Å². The van der Waals surface area contributed by atoms with E-state index in [4.69, 9.17) is 0 Å². The summed E-state index contributed by atoms with van der Waals surface area (Å²) < 4.78 is 2.55. The van der Waals surface area contributed by atoms with Crippen LogP contribution in [0, 0.1) is 4.91 Å². The SMILES string of the molecule is CN=C(NC)SN=O. The van der Waals surface area contributed by atoms with Crippen LogP contribution in [0.1, 0.15) is 0 Å². The van der Waals surface area contributed by atoms with E-state index in [0.29, 0.717) is 5.17 Å². The van der Waals surface area contributed by atoms with E-state index >= 15 is 0 Å². The van der Waals surface area contributed by atoms with Crippen LogP contribution in [0.4, 0.5) is 0 Å². The summed E-state index contributed by atoms with van der Waals surface area (Å²) in [6, 6.07) is 0. The van der Waals surface area contributed by atoms with Gasteiger partial charge in [-0.1, -0.05) is 0 Å². The van der Waals surface area contributed by atoms with Gasteiger partial charge < -0.3 is 5.32 Å². The molecular weight excluding hydrogens is 126 g/mol. The fraction of sp³-hybridized carbons (Fsp3) is 0.667. The van der Waals surface area contributed by atoms with Gasteiger partial charge in [0.2, 0.25) is 0 Å². The highest BCUT2D eigenvalue weighted by molar-refractivity contribution is 8.12. The van der Waals surface area contributed by atoms with Gasteiger partial charge >= 0.3 is 0 Å². The first kappa shape index (κ1) is 7.42. The van der Waals surface area contributed by atoms with Crippen LogP contribution in [0.15, 0.2) is 9.57 Å². The average molecular weight is 133 g/mol. The zero-order valence-corrected chi connectivity index (χ0v) is 5.53. The molecule has 0 fully saturated rings. The molecule has 0 aliphatic rings. The van der Waals surface area contributed by atoms with Crippen molar-refractivity contribution in [2.45, 2.75) is 0 Å². The van der Waals surface area contributed by atoms with Crippen LogP contribution in [0.3, 0.4) is 0 Å². The summed E-state index contributed by atoms with van der Waals surface area (Å²) in [7, 11) is 3.27. The van der Waals surface area contributed by atoms with Crippen molar-refractivity contribution >= 4 is 17.1 Å². The van der Waals surface area contributed by atoms with E-state index in [1.807, 2.05) is 0 Å². The van der Waals surface area contributed by atoms with Gasteiger partial charge in [0.25, 0.3) is 0 Å². The predicted octanol–water partition coefficient (Wildman–Crippen LogP) is 0.606. The minimum Gasteiger partial charge on any atom is -0.366 e. The Labute approximate surface area is 51.9 Å². The summed E-state index contributed by atoms with van der Waals surface area (Å²) in [6.45, 7) is 0. The van der Waals surface area contributed by atoms with Gasteiger partial charge in [0.05, 0.1) is 11.9 Å². The first-order valence-electron chi connectivity index (χ1n) is 1.99. The van der Waals surface area contributed by atoms with Gasteiger partial charge in [0, 0.05) is 18.7 Å². The minimum absolute atomic E-state index is 0.528. The molecule has 0 spiro atoms. The molecule has 5 heteroatoms. The number of rotatable bonds is 1. The third kappa shape index (κ3) is 2.57. The molecule has 0 radical (unpaired) electrons. The number of nitroso groups, excluding NO2 is 1. The van der Waals surface area contributed by atoms with Gasteiger partial charge in [0.15, 0.2) is 5.17 Å². The maximum atomic E-state index is 9.53. The van der Waals surface area contributed by atoms with E-state index in [1.165, 1.54) is 0 Å².